The number of benzene rings is 2. The molecule has 120 valence electrons. The van der Waals surface area contributed by atoms with Crippen LogP contribution < -0.4 is 10.1 Å². The van der Waals surface area contributed by atoms with Crippen LogP contribution >= 0.6 is 0 Å². The van der Waals surface area contributed by atoms with Gasteiger partial charge in [-0.25, -0.2) is 0 Å². The molecule has 0 radical (unpaired) electrons. The highest BCUT2D eigenvalue weighted by Gasteiger charge is 2.10. The Hall–Kier alpha value is -2.59. The molecular weight excluding hydrogens is 290 g/mol. The van der Waals surface area contributed by atoms with Crippen molar-refractivity contribution in [1.82, 2.24) is 5.32 Å². The van der Waals surface area contributed by atoms with Crippen LogP contribution in [-0.2, 0) is 6.42 Å². The average molecular weight is 311 g/mol. The molecule has 0 heterocycles. The topological polar surface area (TPSA) is 58.6 Å². The zero-order chi connectivity index (χ0) is 16.5. The van der Waals surface area contributed by atoms with Crippen LogP contribution in [0, 0.1) is 0 Å². The fraction of sp³-hybridized carbons (Fsp3) is 0.211. The van der Waals surface area contributed by atoms with Crippen LogP contribution in [0.15, 0.2) is 67.3 Å². The number of amides is 1. The molecule has 1 amide bonds. The summed E-state index contributed by atoms with van der Waals surface area (Å²) in [6, 6.07) is 16.5. The maximum atomic E-state index is 12.0. The predicted octanol–water partition coefficient (Wildman–Crippen LogP) is 2.58. The Morgan fingerprint density at radius 3 is 2.52 bits per heavy atom. The van der Waals surface area contributed by atoms with Crippen LogP contribution in [-0.4, -0.2) is 30.3 Å². The first-order chi connectivity index (χ1) is 11.2. The molecule has 1 atom stereocenters. The SMILES string of the molecule is C=CCOc1ccc(C(=O)NCC(O)Cc2ccccc2)cc1. The lowest BCUT2D eigenvalue weighted by Gasteiger charge is -2.12. The summed E-state index contributed by atoms with van der Waals surface area (Å²) in [4.78, 5) is 12.0. The third kappa shape index (κ3) is 5.60. The van der Waals surface area contributed by atoms with Crippen molar-refractivity contribution in [3.8, 4) is 5.75 Å². The lowest BCUT2D eigenvalue weighted by molar-refractivity contribution is 0.0916. The summed E-state index contributed by atoms with van der Waals surface area (Å²) in [6.45, 7) is 4.22. The number of carbonyl (C=O) groups excluding carboxylic acids is 1. The minimum absolute atomic E-state index is 0.211. The van der Waals surface area contributed by atoms with Crippen LogP contribution in [0.25, 0.3) is 0 Å². The van der Waals surface area contributed by atoms with Crippen molar-refractivity contribution in [2.24, 2.45) is 0 Å². The summed E-state index contributed by atoms with van der Waals surface area (Å²) in [6.07, 6.45) is 1.56. The fourth-order valence-electron chi connectivity index (χ4n) is 2.13. The van der Waals surface area contributed by atoms with Gasteiger partial charge in [-0.15, -0.1) is 0 Å². The average Bonchev–Trinajstić information content (AvgIpc) is 2.59. The summed E-state index contributed by atoms with van der Waals surface area (Å²) < 4.78 is 5.36. The first kappa shape index (κ1) is 16.8. The molecule has 0 aliphatic carbocycles. The van der Waals surface area contributed by atoms with Crippen LogP contribution in [0.2, 0.25) is 0 Å². The smallest absolute Gasteiger partial charge is 0.251 e. The highest BCUT2D eigenvalue weighted by Crippen LogP contribution is 2.12. The van der Waals surface area contributed by atoms with Gasteiger partial charge in [0.1, 0.15) is 12.4 Å². The second kappa shape index (κ2) is 8.76. The molecule has 4 heteroatoms. The number of aliphatic hydroxyl groups excluding tert-OH is 1. The number of ether oxygens (including phenoxy) is 1. The van der Waals surface area contributed by atoms with Crippen molar-refractivity contribution in [2.75, 3.05) is 13.2 Å². The molecule has 0 saturated heterocycles. The standard InChI is InChI=1S/C19H21NO3/c1-2-12-23-18-10-8-16(9-11-18)19(22)20-14-17(21)13-15-6-4-3-5-7-15/h2-11,17,21H,1,12-14H2,(H,20,22). The molecule has 0 aliphatic heterocycles. The molecule has 0 aliphatic rings. The van der Waals surface area contributed by atoms with E-state index in [1.54, 1.807) is 30.3 Å². The maximum Gasteiger partial charge on any atom is 0.251 e. The van der Waals surface area contributed by atoms with Gasteiger partial charge in [-0.2, -0.15) is 0 Å². The third-order valence-corrected chi connectivity index (χ3v) is 3.30. The summed E-state index contributed by atoms with van der Waals surface area (Å²) >= 11 is 0. The third-order valence-electron chi connectivity index (χ3n) is 3.30. The first-order valence-electron chi connectivity index (χ1n) is 7.53. The van der Waals surface area contributed by atoms with Crippen molar-refractivity contribution in [3.63, 3.8) is 0 Å². The minimum Gasteiger partial charge on any atom is -0.490 e. The number of hydrogen-bond acceptors (Lipinski definition) is 3. The highest BCUT2D eigenvalue weighted by molar-refractivity contribution is 5.94. The molecule has 0 spiro atoms. The number of aliphatic hydroxyl groups is 1. The Bertz CT molecular complexity index is 623. The summed E-state index contributed by atoms with van der Waals surface area (Å²) in [7, 11) is 0. The van der Waals surface area contributed by atoms with Gasteiger partial charge in [0.05, 0.1) is 6.10 Å². The molecule has 2 rings (SSSR count). The Morgan fingerprint density at radius 1 is 1.17 bits per heavy atom. The van der Waals surface area contributed by atoms with Crippen LogP contribution in [0.4, 0.5) is 0 Å². The molecule has 0 saturated carbocycles. The quantitative estimate of drug-likeness (QED) is 0.737. The molecule has 1 unspecified atom stereocenters. The van der Waals surface area contributed by atoms with E-state index in [0.717, 1.165) is 5.56 Å². The van der Waals surface area contributed by atoms with Crippen LogP contribution in [0.3, 0.4) is 0 Å². The van der Waals surface area contributed by atoms with E-state index in [2.05, 4.69) is 11.9 Å². The van der Waals surface area contributed by atoms with E-state index in [-0.39, 0.29) is 12.5 Å². The largest absolute Gasteiger partial charge is 0.490 e. The van der Waals surface area contributed by atoms with E-state index < -0.39 is 6.10 Å². The zero-order valence-electron chi connectivity index (χ0n) is 12.9. The van der Waals surface area contributed by atoms with Gasteiger partial charge in [-0.05, 0) is 29.8 Å². The number of rotatable bonds is 8. The van der Waals surface area contributed by atoms with Gasteiger partial charge in [0, 0.05) is 18.5 Å². The second-order valence-corrected chi connectivity index (χ2v) is 5.18. The molecule has 0 fully saturated rings. The summed E-state index contributed by atoms with van der Waals surface area (Å²) in [5, 5.41) is 12.7. The van der Waals surface area contributed by atoms with Crippen LogP contribution in [0.1, 0.15) is 15.9 Å². The lowest BCUT2D eigenvalue weighted by atomic mass is 10.1. The van der Waals surface area contributed by atoms with E-state index in [1.165, 1.54) is 0 Å². The molecule has 2 N–H and O–H groups in total. The van der Waals surface area contributed by atoms with E-state index >= 15 is 0 Å². The van der Waals surface area contributed by atoms with Gasteiger partial charge in [-0.3, -0.25) is 4.79 Å². The Morgan fingerprint density at radius 2 is 1.87 bits per heavy atom. The van der Waals surface area contributed by atoms with Gasteiger partial charge >= 0.3 is 0 Å². The van der Waals surface area contributed by atoms with Crippen molar-refractivity contribution < 1.29 is 14.6 Å². The molecular formula is C19H21NO3. The summed E-state index contributed by atoms with van der Waals surface area (Å²) in [5.41, 5.74) is 1.57. The highest BCUT2D eigenvalue weighted by atomic mass is 16.5. The number of carbonyl (C=O) groups is 1. The van der Waals surface area contributed by atoms with Gasteiger partial charge < -0.3 is 15.2 Å². The predicted molar refractivity (Wildman–Crippen MR) is 90.6 cm³/mol. The van der Waals surface area contributed by atoms with Gasteiger partial charge in [-0.1, -0.05) is 43.0 Å². The van der Waals surface area contributed by atoms with Gasteiger partial charge in [0.25, 0.3) is 5.91 Å². The molecule has 0 aromatic heterocycles. The van der Waals surface area contributed by atoms with Gasteiger partial charge in [0.2, 0.25) is 0 Å². The molecule has 23 heavy (non-hydrogen) atoms. The number of nitrogens with one attached hydrogen (secondary N) is 1. The van der Waals surface area contributed by atoms with Crippen molar-refractivity contribution in [3.05, 3.63) is 78.4 Å². The zero-order valence-corrected chi connectivity index (χ0v) is 12.9. The van der Waals surface area contributed by atoms with Crippen molar-refractivity contribution in [2.45, 2.75) is 12.5 Å². The summed E-state index contributed by atoms with van der Waals surface area (Å²) in [5.74, 6) is 0.470. The molecule has 0 bridgehead atoms. The second-order valence-electron chi connectivity index (χ2n) is 5.18. The van der Waals surface area contributed by atoms with E-state index in [9.17, 15) is 9.90 Å². The maximum absolute atomic E-state index is 12.0. The first-order valence-corrected chi connectivity index (χ1v) is 7.53. The monoisotopic (exact) mass is 311 g/mol. The Kier molecular flexibility index (Phi) is 6.39. The molecule has 2 aromatic rings. The Labute approximate surface area is 136 Å². The fourth-order valence-corrected chi connectivity index (χ4v) is 2.13. The number of hydrogen-bond donors (Lipinski definition) is 2. The molecule has 4 nitrogen and oxygen atoms in total. The van der Waals surface area contributed by atoms with E-state index in [1.807, 2.05) is 30.3 Å². The molecule has 2 aromatic carbocycles. The van der Waals surface area contributed by atoms with E-state index in [4.69, 9.17) is 4.74 Å². The van der Waals surface area contributed by atoms with Gasteiger partial charge in [0.15, 0.2) is 0 Å². The lowest BCUT2D eigenvalue weighted by Crippen LogP contribution is -2.33. The van der Waals surface area contributed by atoms with Crippen LogP contribution in [0.5, 0.6) is 5.75 Å². The van der Waals surface area contributed by atoms with Crippen molar-refractivity contribution >= 4 is 5.91 Å². The minimum atomic E-state index is -0.614. The Balaban J connectivity index is 1.80. The van der Waals surface area contributed by atoms with Crippen molar-refractivity contribution in [1.29, 1.82) is 0 Å². The normalized spacial score (nSPS) is 11.5. The van der Waals surface area contributed by atoms with E-state index in [0.29, 0.717) is 24.3 Å².